The fourth-order valence-corrected chi connectivity index (χ4v) is 4.86. The van der Waals surface area contributed by atoms with Crippen LogP contribution in [0.4, 0.5) is 5.69 Å². The third-order valence-electron chi connectivity index (χ3n) is 4.40. The van der Waals surface area contributed by atoms with E-state index in [1.807, 2.05) is 0 Å². The number of rotatable bonds is 4. The predicted octanol–water partition coefficient (Wildman–Crippen LogP) is 0.443. The van der Waals surface area contributed by atoms with Crippen LogP contribution in [-0.4, -0.2) is 50.0 Å². The maximum absolute atomic E-state index is 12.3. The van der Waals surface area contributed by atoms with Crippen molar-refractivity contribution in [3.8, 4) is 0 Å². The maximum Gasteiger partial charge on any atom is 0.327 e. The van der Waals surface area contributed by atoms with Crippen molar-refractivity contribution < 1.29 is 19.5 Å². The SMILES string of the molecule is CC1(C)S[C@@H]2C(NC(=O)Cc3ccccc3N)C(=O)N2[C@H]1C(=O)O. The van der Waals surface area contributed by atoms with E-state index in [0.29, 0.717) is 11.3 Å². The van der Waals surface area contributed by atoms with E-state index in [1.165, 1.54) is 16.7 Å². The second kappa shape index (κ2) is 5.70. The van der Waals surface area contributed by atoms with Crippen LogP contribution >= 0.6 is 11.8 Å². The molecule has 0 aliphatic carbocycles. The Balaban J connectivity index is 1.68. The standard InChI is InChI=1S/C16H19N3O4S/c1-16(2)12(15(22)23)19-13(21)11(14(19)24-16)18-10(20)7-8-5-3-4-6-9(8)17/h3-6,11-12,14H,7,17H2,1-2H3,(H,18,20)(H,22,23)/t11?,12-,14+/m0/s1. The van der Waals surface area contributed by atoms with Crippen LogP contribution in [-0.2, 0) is 20.8 Å². The third-order valence-corrected chi connectivity index (χ3v) is 5.97. The molecule has 2 aliphatic rings. The fourth-order valence-electron chi connectivity index (χ4n) is 3.24. The zero-order chi connectivity index (χ0) is 17.6. The van der Waals surface area contributed by atoms with Crippen molar-refractivity contribution in [2.24, 2.45) is 0 Å². The molecule has 8 heteroatoms. The van der Waals surface area contributed by atoms with Crippen molar-refractivity contribution >= 4 is 35.2 Å². The van der Waals surface area contributed by atoms with Crippen molar-refractivity contribution in [2.75, 3.05) is 5.73 Å². The van der Waals surface area contributed by atoms with Gasteiger partial charge in [-0.3, -0.25) is 9.59 Å². The lowest BCUT2D eigenvalue weighted by molar-refractivity contribution is -0.161. The van der Waals surface area contributed by atoms with Crippen LogP contribution in [0.3, 0.4) is 0 Å². The fraction of sp³-hybridized carbons (Fsp3) is 0.438. The van der Waals surface area contributed by atoms with Gasteiger partial charge in [0.2, 0.25) is 11.8 Å². The average molecular weight is 349 g/mol. The molecule has 2 aliphatic heterocycles. The number of aliphatic carboxylic acids is 1. The van der Waals surface area contributed by atoms with Gasteiger partial charge in [-0.1, -0.05) is 18.2 Å². The molecule has 3 atom stereocenters. The Morgan fingerprint density at radius 2 is 2.04 bits per heavy atom. The number of amides is 2. The van der Waals surface area contributed by atoms with Crippen molar-refractivity contribution in [3.63, 3.8) is 0 Å². The summed E-state index contributed by atoms with van der Waals surface area (Å²) in [6, 6.07) is 5.49. The van der Waals surface area contributed by atoms with E-state index >= 15 is 0 Å². The monoisotopic (exact) mass is 349 g/mol. The van der Waals surface area contributed by atoms with Crippen molar-refractivity contribution in [1.29, 1.82) is 0 Å². The maximum atomic E-state index is 12.3. The van der Waals surface area contributed by atoms with Crippen LogP contribution in [0.2, 0.25) is 0 Å². The molecular formula is C16H19N3O4S. The Kier molecular flexibility index (Phi) is 3.95. The second-order valence-corrected chi connectivity index (χ2v) is 8.29. The number of benzene rings is 1. The molecule has 2 fully saturated rings. The largest absolute Gasteiger partial charge is 0.480 e. The lowest BCUT2D eigenvalue weighted by Crippen LogP contribution is -2.70. The molecule has 3 rings (SSSR count). The molecule has 1 aromatic rings. The van der Waals surface area contributed by atoms with Crippen LogP contribution in [0.15, 0.2) is 24.3 Å². The lowest BCUT2D eigenvalue weighted by Gasteiger charge is -2.43. The van der Waals surface area contributed by atoms with Gasteiger partial charge in [0.1, 0.15) is 17.5 Å². The van der Waals surface area contributed by atoms with Gasteiger partial charge in [0.25, 0.3) is 0 Å². The molecule has 2 amide bonds. The van der Waals surface area contributed by atoms with Crippen LogP contribution < -0.4 is 11.1 Å². The average Bonchev–Trinajstić information content (AvgIpc) is 2.76. The number of β-lactam (4-membered cyclic amide) rings is 1. The Labute approximate surface area is 143 Å². The summed E-state index contributed by atoms with van der Waals surface area (Å²) in [6.07, 6.45) is 0.0829. The van der Waals surface area contributed by atoms with Crippen molar-refractivity contribution in [2.45, 2.75) is 42.5 Å². The van der Waals surface area contributed by atoms with E-state index in [-0.39, 0.29) is 23.6 Å². The first-order valence-corrected chi connectivity index (χ1v) is 8.46. The Morgan fingerprint density at radius 3 is 2.67 bits per heavy atom. The molecule has 2 heterocycles. The van der Waals surface area contributed by atoms with E-state index in [1.54, 1.807) is 38.1 Å². The number of nitrogens with one attached hydrogen (secondary N) is 1. The Hall–Kier alpha value is -2.22. The van der Waals surface area contributed by atoms with E-state index in [4.69, 9.17) is 5.73 Å². The number of para-hydroxylation sites is 1. The van der Waals surface area contributed by atoms with Crippen LogP contribution in [0.5, 0.6) is 0 Å². The highest BCUT2D eigenvalue weighted by molar-refractivity contribution is 8.01. The predicted molar refractivity (Wildman–Crippen MR) is 90.2 cm³/mol. The molecule has 128 valence electrons. The molecule has 0 aromatic heterocycles. The molecule has 0 saturated carbocycles. The summed E-state index contributed by atoms with van der Waals surface area (Å²) in [5, 5.41) is 11.7. The molecule has 4 N–H and O–H groups in total. The number of nitrogens with two attached hydrogens (primary N) is 1. The number of thioether (sulfide) groups is 1. The van der Waals surface area contributed by atoms with Crippen LogP contribution in [0.25, 0.3) is 0 Å². The summed E-state index contributed by atoms with van der Waals surface area (Å²) in [6.45, 7) is 3.59. The Morgan fingerprint density at radius 1 is 1.38 bits per heavy atom. The summed E-state index contributed by atoms with van der Waals surface area (Å²) >= 11 is 1.40. The number of carbonyl (C=O) groups is 3. The van der Waals surface area contributed by atoms with E-state index in [0.717, 1.165) is 0 Å². The van der Waals surface area contributed by atoms with Crippen LogP contribution in [0.1, 0.15) is 19.4 Å². The minimum Gasteiger partial charge on any atom is -0.480 e. The molecule has 0 spiro atoms. The zero-order valence-corrected chi connectivity index (χ0v) is 14.2. The highest BCUT2D eigenvalue weighted by Crippen LogP contribution is 2.50. The number of anilines is 1. The van der Waals surface area contributed by atoms with Crippen molar-refractivity contribution in [3.05, 3.63) is 29.8 Å². The summed E-state index contributed by atoms with van der Waals surface area (Å²) in [5.41, 5.74) is 7.04. The lowest BCUT2D eigenvalue weighted by atomic mass is 9.96. The van der Waals surface area contributed by atoms with E-state index < -0.39 is 22.8 Å². The molecule has 1 unspecified atom stereocenters. The summed E-state index contributed by atoms with van der Waals surface area (Å²) in [5.74, 6) is -1.67. The van der Waals surface area contributed by atoms with Gasteiger partial charge in [0.05, 0.1) is 6.42 Å². The number of hydrogen-bond donors (Lipinski definition) is 3. The topological polar surface area (TPSA) is 113 Å². The highest BCUT2D eigenvalue weighted by Gasteiger charge is 2.64. The van der Waals surface area contributed by atoms with Gasteiger partial charge < -0.3 is 21.1 Å². The number of carbonyl (C=O) groups excluding carboxylic acids is 2. The van der Waals surface area contributed by atoms with Crippen molar-refractivity contribution in [1.82, 2.24) is 10.2 Å². The van der Waals surface area contributed by atoms with Gasteiger partial charge in [-0.2, -0.15) is 0 Å². The first-order valence-electron chi connectivity index (χ1n) is 7.58. The third kappa shape index (κ3) is 2.60. The number of fused-ring (bicyclic) bond motifs is 1. The first kappa shape index (κ1) is 16.6. The smallest absolute Gasteiger partial charge is 0.327 e. The molecule has 0 bridgehead atoms. The van der Waals surface area contributed by atoms with Gasteiger partial charge in [-0.05, 0) is 25.5 Å². The zero-order valence-electron chi connectivity index (χ0n) is 13.4. The Bertz CT molecular complexity index is 721. The van der Waals surface area contributed by atoms with E-state index in [2.05, 4.69) is 5.32 Å². The molecule has 0 radical (unpaired) electrons. The molecule has 2 saturated heterocycles. The van der Waals surface area contributed by atoms with Gasteiger partial charge in [0, 0.05) is 10.4 Å². The van der Waals surface area contributed by atoms with Gasteiger partial charge in [-0.25, -0.2) is 4.79 Å². The number of hydrogen-bond acceptors (Lipinski definition) is 5. The number of nitrogen functional groups attached to an aromatic ring is 1. The highest BCUT2D eigenvalue weighted by atomic mass is 32.2. The molecule has 1 aromatic carbocycles. The number of nitrogens with zero attached hydrogens (tertiary/aromatic N) is 1. The summed E-state index contributed by atoms with van der Waals surface area (Å²) < 4.78 is -0.602. The van der Waals surface area contributed by atoms with Crippen LogP contribution in [0, 0.1) is 0 Å². The normalized spacial score (nSPS) is 27.3. The number of carboxylic acid groups (broad SMARTS) is 1. The van der Waals surface area contributed by atoms with Gasteiger partial charge >= 0.3 is 5.97 Å². The number of carboxylic acids is 1. The van der Waals surface area contributed by atoms with E-state index in [9.17, 15) is 19.5 Å². The molecule has 7 nitrogen and oxygen atoms in total. The molecular weight excluding hydrogens is 330 g/mol. The minimum atomic E-state index is -1.02. The summed E-state index contributed by atoms with van der Waals surface area (Å²) in [7, 11) is 0. The quantitative estimate of drug-likeness (QED) is 0.537. The second-order valence-electron chi connectivity index (χ2n) is 6.52. The van der Waals surface area contributed by atoms with Gasteiger partial charge in [-0.15, -0.1) is 11.8 Å². The summed E-state index contributed by atoms with van der Waals surface area (Å²) in [4.78, 5) is 37.3. The van der Waals surface area contributed by atoms with Gasteiger partial charge in [0.15, 0.2) is 0 Å². The molecule has 24 heavy (non-hydrogen) atoms. The minimum absolute atomic E-state index is 0.0829. The first-order chi connectivity index (χ1) is 11.2.